The maximum Gasteiger partial charge on any atom is 0.404 e. The van der Waals surface area contributed by atoms with Gasteiger partial charge < -0.3 is 16.2 Å². The minimum atomic E-state index is -3.19. The van der Waals surface area contributed by atoms with Crippen LogP contribution in [0.2, 0.25) is 0 Å². The average molecular weight is 307 g/mol. The lowest BCUT2D eigenvalue weighted by Crippen LogP contribution is -2.42. The number of rotatable bonds is 8. The van der Waals surface area contributed by atoms with Crippen LogP contribution in [0.4, 0.5) is 4.79 Å². The molecule has 1 aliphatic rings. The second-order valence-corrected chi connectivity index (χ2v) is 7.14. The molecule has 0 radical (unpaired) electrons. The van der Waals surface area contributed by atoms with Crippen molar-refractivity contribution in [3.63, 3.8) is 0 Å². The predicted octanol–water partition coefficient (Wildman–Crippen LogP) is 0.395. The van der Waals surface area contributed by atoms with Crippen molar-refractivity contribution in [1.82, 2.24) is 4.31 Å². The Morgan fingerprint density at radius 3 is 2.30 bits per heavy atom. The molecule has 8 heteroatoms. The van der Waals surface area contributed by atoms with Crippen LogP contribution < -0.4 is 11.5 Å². The van der Waals surface area contributed by atoms with E-state index < -0.39 is 16.1 Å². The number of amides is 1. The summed E-state index contributed by atoms with van der Waals surface area (Å²) >= 11 is 0. The summed E-state index contributed by atoms with van der Waals surface area (Å²) in [6.07, 6.45) is 3.42. The first kappa shape index (κ1) is 17.2. The van der Waals surface area contributed by atoms with E-state index in [0.717, 1.165) is 19.3 Å². The summed E-state index contributed by atoms with van der Waals surface area (Å²) in [5.74, 6) is 0.179. The van der Waals surface area contributed by atoms with Crippen LogP contribution >= 0.6 is 0 Å². The van der Waals surface area contributed by atoms with Gasteiger partial charge in [-0.15, -0.1) is 0 Å². The highest BCUT2D eigenvalue weighted by Gasteiger charge is 2.28. The minimum absolute atomic E-state index is 0.179. The summed E-state index contributed by atoms with van der Waals surface area (Å²) in [6, 6.07) is 0. The minimum Gasteiger partial charge on any atom is -0.446 e. The number of carbonyl (C=O) groups is 1. The lowest BCUT2D eigenvalue weighted by atomic mass is 10.1. The molecule has 0 bridgehead atoms. The van der Waals surface area contributed by atoms with Crippen molar-refractivity contribution in [2.45, 2.75) is 44.6 Å². The molecule has 118 valence electrons. The van der Waals surface area contributed by atoms with Crippen LogP contribution in [0, 0.1) is 0 Å². The van der Waals surface area contributed by atoms with E-state index >= 15 is 0 Å². The number of sulfonamides is 1. The molecule has 0 saturated carbocycles. The zero-order valence-corrected chi connectivity index (χ0v) is 12.6. The maximum absolute atomic E-state index is 12.1. The standard InChI is InChI=1S/C12H25N3O4S/c13-7-3-1-2-4-10-20(17,18)15-8-5-11(6-9-15)19-12(14)16/h11H,1-10,13H2,(H2,14,16). The molecule has 1 fully saturated rings. The van der Waals surface area contributed by atoms with Crippen molar-refractivity contribution in [3.8, 4) is 0 Å². The van der Waals surface area contributed by atoms with Gasteiger partial charge in [-0.25, -0.2) is 17.5 Å². The SMILES string of the molecule is NCCCCCCS(=O)(=O)N1CCC(OC(N)=O)CC1. The fourth-order valence-corrected chi connectivity index (χ4v) is 3.90. The maximum atomic E-state index is 12.1. The van der Waals surface area contributed by atoms with Crippen LogP contribution in [0.5, 0.6) is 0 Å². The Kier molecular flexibility index (Phi) is 7.25. The lowest BCUT2D eigenvalue weighted by Gasteiger charge is -2.30. The van der Waals surface area contributed by atoms with E-state index in [-0.39, 0.29) is 11.9 Å². The first-order chi connectivity index (χ1) is 9.45. The van der Waals surface area contributed by atoms with Crippen LogP contribution in [0.15, 0.2) is 0 Å². The fourth-order valence-electron chi connectivity index (χ4n) is 2.30. The lowest BCUT2D eigenvalue weighted by molar-refractivity contribution is 0.0741. The molecule has 0 atom stereocenters. The van der Waals surface area contributed by atoms with Gasteiger partial charge >= 0.3 is 6.09 Å². The van der Waals surface area contributed by atoms with Crippen LogP contribution in [-0.4, -0.2) is 50.3 Å². The Hall–Kier alpha value is -0.860. The highest BCUT2D eigenvalue weighted by molar-refractivity contribution is 7.89. The Morgan fingerprint density at radius 2 is 1.75 bits per heavy atom. The first-order valence-electron chi connectivity index (χ1n) is 7.09. The number of ether oxygens (including phenoxy) is 1. The molecule has 0 aromatic heterocycles. The molecule has 7 nitrogen and oxygen atoms in total. The highest BCUT2D eigenvalue weighted by atomic mass is 32.2. The van der Waals surface area contributed by atoms with E-state index in [9.17, 15) is 13.2 Å². The van der Waals surface area contributed by atoms with Gasteiger partial charge in [-0.3, -0.25) is 0 Å². The number of piperidine rings is 1. The highest BCUT2D eigenvalue weighted by Crippen LogP contribution is 2.18. The molecule has 0 spiro atoms. The number of primary amides is 1. The van der Waals surface area contributed by atoms with Crippen molar-refractivity contribution in [1.29, 1.82) is 0 Å². The van der Waals surface area contributed by atoms with Gasteiger partial charge in [-0.05, 0) is 32.2 Å². The fraction of sp³-hybridized carbons (Fsp3) is 0.917. The molecule has 1 rings (SSSR count). The van der Waals surface area contributed by atoms with Crippen molar-refractivity contribution >= 4 is 16.1 Å². The zero-order chi connectivity index (χ0) is 15.0. The third kappa shape index (κ3) is 6.06. The molecule has 1 amide bonds. The Bertz CT molecular complexity index is 392. The molecule has 0 aliphatic carbocycles. The average Bonchev–Trinajstić information content (AvgIpc) is 2.38. The monoisotopic (exact) mass is 307 g/mol. The largest absolute Gasteiger partial charge is 0.446 e. The van der Waals surface area contributed by atoms with Crippen molar-refractivity contribution < 1.29 is 17.9 Å². The van der Waals surface area contributed by atoms with Crippen LogP contribution in [0.25, 0.3) is 0 Å². The number of nitrogens with two attached hydrogens (primary N) is 2. The van der Waals surface area contributed by atoms with Gasteiger partial charge in [0.2, 0.25) is 10.0 Å². The van der Waals surface area contributed by atoms with Crippen LogP contribution in [-0.2, 0) is 14.8 Å². The number of carbonyl (C=O) groups excluding carboxylic acids is 1. The van der Waals surface area contributed by atoms with E-state index in [0.29, 0.717) is 38.9 Å². The molecule has 1 saturated heterocycles. The van der Waals surface area contributed by atoms with Crippen LogP contribution in [0.3, 0.4) is 0 Å². The summed E-state index contributed by atoms with van der Waals surface area (Å²) in [6.45, 7) is 1.44. The molecule has 0 aromatic rings. The Morgan fingerprint density at radius 1 is 1.15 bits per heavy atom. The van der Waals surface area contributed by atoms with Crippen LogP contribution in [0.1, 0.15) is 38.5 Å². The number of hydrogen-bond donors (Lipinski definition) is 2. The van der Waals surface area contributed by atoms with E-state index in [1.54, 1.807) is 0 Å². The summed E-state index contributed by atoms with van der Waals surface area (Å²) in [7, 11) is -3.19. The van der Waals surface area contributed by atoms with Gasteiger partial charge in [0.25, 0.3) is 0 Å². The van der Waals surface area contributed by atoms with Gasteiger partial charge in [-0.1, -0.05) is 12.8 Å². The topological polar surface area (TPSA) is 116 Å². The molecule has 4 N–H and O–H groups in total. The van der Waals surface area contributed by atoms with Crippen molar-refractivity contribution in [2.75, 3.05) is 25.4 Å². The van der Waals surface area contributed by atoms with E-state index in [1.165, 1.54) is 4.31 Å². The number of unbranched alkanes of at least 4 members (excludes halogenated alkanes) is 3. The summed E-state index contributed by atoms with van der Waals surface area (Å²) in [4.78, 5) is 10.6. The first-order valence-corrected chi connectivity index (χ1v) is 8.70. The molecular weight excluding hydrogens is 282 g/mol. The van der Waals surface area contributed by atoms with Gasteiger partial charge in [0.1, 0.15) is 6.10 Å². The summed E-state index contributed by atoms with van der Waals surface area (Å²) in [5.41, 5.74) is 10.3. The third-order valence-corrected chi connectivity index (χ3v) is 5.39. The zero-order valence-electron chi connectivity index (χ0n) is 11.8. The predicted molar refractivity (Wildman–Crippen MR) is 76.6 cm³/mol. The molecule has 0 unspecified atom stereocenters. The molecule has 20 heavy (non-hydrogen) atoms. The van der Waals surface area contributed by atoms with Gasteiger partial charge in [0, 0.05) is 13.1 Å². The summed E-state index contributed by atoms with van der Waals surface area (Å²) in [5, 5.41) is 0. The Labute approximate surface area is 120 Å². The third-order valence-electron chi connectivity index (χ3n) is 3.43. The number of nitrogens with zero attached hydrogens (tertiary/aromatic N) is 1. The van der Waals surface area contributed by atoms with Gasteiger partial charge in [-0.2, -0.15) is 0 Å². The second-order valence-electron chi connectivity index (χ2n) is 5.05. The van der Waals surface area contributed by atoms with Crippen molar-refractivity contribution in [2.24, 2.45) is 11.5 Å². The van der Waals surface area contributed by atoms with E-state index in [2.05, 4.69) is 0 Å². The van der Waals surface area contributed by atoms with Crippen molar-refractivity contribution in [3.05, 3.63) is 0 Å². The number of hydrogen-bond acceptors (Lipinski definition) is 5. The van der Waals surface area contributed by atoms with E-state index in [1.807, 2.05) is 0 Å². The Balaban J connectivity index is 2.29. The molecular formula is C12H25N3O4S. The normalized spacial score (nSPS) is 18.1. The molecule has 1 heterocycles. The van der Waals surface area contributed by atoms with Gasteiger partial charge in [0.05, 0.1) is 5.75 Å². The second kappa shape index (κ2) is 8.43. The molecule has 1 aliphatic heterocycles. The smallest absolute Gasteiger partial charge is 0.404 e. The quantitative estimate of drug-likeness (QED) is 0.629. The van der Waals surface area contributed by atoms with E-state index in [4.69, 9.17) is 16.2 Å². The van der Waals surface area contributed by atoms with Gasteiger partial charge in [0.15, 0.2) is 0 Å². The summed E-state index contributed by atoms with van der Waals surface area (Å²) < 4.78 is 30.6. The molecule has 0 aromatic carbocycles.